The van der Waals surface area contributed by atoms with Crippen LogP contribution in [0.2, 0.25) is 10.0 Å². The molecule has 1 aromatic heterocycles. The molecule has 0 bridgehead atoms. The minimum absolute atomic E-state index is 0.0567. The summed E-state index contributed by atoms with van der Waals surface area (Å²) in [4.78, 5) is 6.62. The molecule has 0 spiro atoms. The molecule has 0 radical (unpaired) electrons. The van der Waals surface area contributed by atoms with Crippen LogP contribution in [0.4, 0.5) is 16.0 Å². The summed E-state index contributed by atoms with van der Waals surface area (Å²) in [7, 11) is -2.99. The van der Waals surface area contributed by atoms with Crippen molar-refractivity contribution < 1.29 is 17.5 Å². The van der Waals surface area contributed by atoms with Gasteiger partial charge in [0, 0.05) is 0 Å². The van der Waals surface area contributed by atoms with Crippen molar-refractivity contribution in [1.82, 2.24) is 9.97 Å². The van der Waals surface area contributed by atoms with Crippen molar-refractivity contribution in [1.29, 1.82) is 0 Å². The van der Waals surface area contributed by atoms with E-state index in [2.05, 4.69) is 14.7 Å². The zero-order valence-electron chi connectivity index (χ0n) is 11.0. The van der Waals surface area contributed by atoms with Crippen molar-refractivity contribution in [2.24, 2.45) is 0 Å². The number of halogens is 3. The van der Waals surface area contributed by atoms with Gasteiger partial charge in [0.15, 0.2) is 5.82 Å². The van der Waals surface area contributed by atoms with Crippen LogP contribution in [0.5, 0.6) is 5.88 Å². The summed E-state index contributed by atoms with van der Waals surface area (Å²) in [6.45, 7) is 0. The first-order valence-corrected chi connectivity index (χ1v) is 7.84. The van der Waals surface area contributed by atoms with Gasteiger partial charge in [0.1, 0.15) is 4.90 Å². The second kappa shape index (κ2) is 6.11. The van der Waals surface area contributed by atoms with Gasteiger partial charge in [-0.2, -0.15) is 9.37 Å². The molecule has 1 heterocycles. The highest BCUT2D eigenvalue weighted by molar-refractivity contribution is 7.92. The van der Waals surface area contributed by atoms with E-state index in [1.807, 2.05) is 0 Å². The van der Waals surface area contributed by atoms with E-state index in [1.54, 1.807) is 0 Å². The van der Waals surface area contributed by atoms with Gasteiger partial charge in [0.25, 0.3) is 21.9 Å². The molecule has 0 saturated carbocycles. The summed E-state index contributed by atoms with van der Waals surface area (Å²) in [5.41, 5.74) is 5.27. The molecule has 0 atom stereocenters. The fourth-order valence-corrected chi connectivity index (χ4v) is 3.26. The van der Waals surface area contributed by atoms with Crippen LogP contribution in [0, 0.1) is 5.95 Å². The quantitative estimate of drug-likeness (QED) is 0.859. The molecule has 1 aromatic carbocycles. The number of hydrogen-bond acceptors (Lipinski definition) is 6. The third kappa shape index (κ3) is 3.16. The molecule has 118 valence electrons. The average molecular weight is 367 g/mol. The molecule has 7 nitrogen and oxygen atoms in total. The van der Waals surface area contributed by atoms with Gasteiger partial charge in [-0.15, -0.1) is 0 Å². The van der Waals surface area contributed by atoms with E-state index in [1.165, 1.54) is 25.3 Å². The highest BCUT2D eigenvalue weighted by Gasteiger charge is 2.23. The minimum Gasteiger partial charge on any atom is -0.478 e. The van der Waals surface area contributed by atoms with Crippen LogP contribution < -0.4 is 15.2 Å². The topological polar surface area (TPSA) is 107 Å². The van der Waals surface area contributed by atoms with Crippen LogP contribution in [0.1, 0.15) is 0 Å². The van der Waals surface area contributed by atoms with Crippen molar-refractivity contribution in [3.05, 3.63) is 34.2 Å². The van der Waals surface area contributed by atoms with Crippen LogP contribution in [0.15, 0.2) is 23.1 Å². The normalized spacial score (nSPS) is 11.3. The number of nitrogens with zero attached hydrogens (tertiary/aromatic N) is 2. The molecule has 0 fully saturated rings. The molecule has 0 aliphatic rings. The number of nitrogens with two attached hydrogens (primary N) is 1. The second-order valence-electron chi connectivity index (χ2n) is 3.91. The van der Waals surface area contributed by atoms with Crippen molar-refractivity contribution in [3.63, 3.8) is 0 Å². The highest BCUT2D eigenvalue weighted by Crippen LogP contribution is 2.31. The Morgan fingerprint density at radius 3 is 2.64 bits per heavy atom. The number of ether oxygens (including phenoxy) is 1. The monoisotopic (exact) mass is 366 g/mol. The van der Waals surface area contributed by atoms with Gasteiger partial charge in [-0.3, -0.25) is 4.72 Å². The second-order valence-corrected chi connectivity index (χ2v) is 6.35. The lowest BCUT2D eigenvalue weighted by Crippen LogP contribution is -2.17. The molecular formula is C11H9Cl2FN4O3S. The molecule has 22 heavy (non-hydrogen) atoms. The Morgan fingerprint density at radius 2 is 2.00 bits per heavy atom. The third-order valence-corrected chi connectivity index (χ3v) is 4.79. The number of benzene rings is 1. The molecule has 0 saturated heterocycles. The summed E-state index contributed by atoms with van der Waals surface area (Å²) in [6, 6.07) is 4.08. The Labute approximate surface area is 135 Å². The van der Waals surface area contributed by atoms with Crippen LogP contribution in [0.3, 0.4) is 0 Å². The molecule has 11 heteroatoms. The van der Waals surface area contributed by atoms with Gasteiger partial charge >= 0.3 is 0 Å². The Bertz CT molecular complexity index is 832. The van der Waals surface area contributed by atoms with Crippen molar-refractivity contribution in [3.8, 4) is 5.88 Å². The number of aromatic nitrogens is 2. The van der Waals surface area contributed by atoms with Crippen LogP contribution in [-0.2, 0) is 10.0 Å². The number of anilines is 2. The number of methoxy groups -OCH3 is 1. The maximum atomic E-state index is 13.2. The van der Waals surface area contributed by atoms with Crippen LogP contribution in [0.25, 0.3) is 0 Å². The van der Waals surface area contributed by atoms with Gasteiger partial charge in [0.05, 0.1) is 17.2 Å². The lowest BCUT2D eigenvalue weighted by atomic mass is 10.4. The van der Waals surface area contributed by atoms with E-state index >= 15 is 0 Å². The lowest BCUT2D eigenvalue weighted by molar-refractivity contribution is 0.388. The molecule has 0 aliphatic carbocycles. The van der Waals surface area contributed by atoms with E-state index < -0.39 is 21.8 Å². The Kier molecular flexibility index (Phi) is 4.59. The fourth-order valence-electron chi connectivity index (χ4n) is 1.50. The molecular weight excluding hydrogens is 358 g/mol. The Balaban J connectivity index is 2.50. The summed E-state index contributed by atoms with van der Waals surface area (Å²) < 4.78 is 44.7. The smallest absolute Gasteiger partial charge is 0.264 e. The van der Waals surface area contributed by atoms with E-state index in [9.17, 15) is 12.8 Å². The Morgan fingerprint density at radius 1 is 1.32 bits per heavy atom. The summed E-state index contributed by atoms with van der Waals surface area (Å²) >= 11 is 11.7. The first kappa shape index (κ1) is 16.5. The molecule has 2 aromatic rings. The van der Waals surface area contributed by atoms with Crippen molar-refractivity contribution >= 4 is 44.9 Å². The zero-order chi connectivity index (χ0) is 16.5. The fraction of sp³-hybridized carbons (Fsp3) is 0.0909. The predicted octanol–water partition coefficient (Wildman–Crippen LogP) is 2.31. The Hall–Kier alpha value is -1.84. The van der Waals surface area contributed by atoms with Gasteiger partial charge in [-0.1, -0.05) is 29.3 Å². The molecule has 2 rings (SSSR count). The van der Waals surface area contributed by atoms with E-state index in [-0.39, 0.29) is 26.6 Å². The van der Waals surface area contributed by atoms with Crippen LogP contribution >= 0.6 is 23.2 Å². The SMILES string of the molecule is COc1nc(F)c(N)nc1NS(=O)(=O)c1cccc(Cl)c1Cl. The first-order chi connectivity index (χ1) is 10.3. The standard InChI is InChI=1S/C11H9Cl2FN4O3S/c1-21-11-10(17-9(15)8(14)16-11)18-22(19,20)6-4-2-3-5(12)7(6)13/h2-4H,1H3,(H3,15,17,18). The number of rotatable bonds is 4. The maximum absolute atomic E-state index is 13.2. The van der Waals surface area contributed by atoms with Gasteiger partial charge in [-0.05, 0) is 12.1 Å². The van der Waals surface area contributed by atoms with E-state index in [0.29, 0.717) is 0 Å². The van der Waals surface area contributed by atoms with Gasteiger partial charge < -0.3 is 10.5 Å². The molecule has 3 N–H and O–H groups in total. The minimum atomic E-state index is -4.16. The molecule has 0 unspecified atom stereocenters. The van der Waals surface area contributed by atoms with E-state index in [0.717, 1.165) is 0 Å². The summed E-state index contributed by atoms with van der Waals surface area (Å²) in [5.74, 6) is -2.43. The van der Waals surface area contributed by atoms with E-state index in [4.69, 9.17) is 33.7 Å². The zero-order valence-corrected chi connectivity index (χ0v) is 13.3. The number of hydrogen-bond donors (Lipinski definition) is 2. The number of nitrogen functional groups attached to an aromatic ring is 1. The maximum Gasteiger partial charge on any atom is 0.264 e. The van der Waals surface area contributed by atoms with Crippen LogP contribution in [-0.4, -0.2) is 25.5 Å². The predicted molar refractivity (Wildman–Crippen MR) is 80.2 cm³/mol. The third-order valence-electron chi connectivity index (χ3n) is 2.48. The van der Waals surface area contributed by atoms with Crippen molar-refractivity contribution in [2.45, 2.75) is 4.90 Å². The molecule has 0 aliphatic heterocycles. The lowest BCUT2D eigenvalue weighted by Gasteiger charge is -2.12. The largest absolute Gasteiger partial charge is 0.478 e. The first-order valence-electron chi connectivity index (χ1n) is 5.60. The van der Waals surface area contributed by atoms with Gasteiger partial charge in [-0.25, -0.2) is 13.4 Å². The highest BCUT2D eigenvalue weighted by atomic mass is 35.5. The summed E-state index contributed by atoms with van der Waals surface area (Å²) in [6.07, 6.45) is 0. The van der Waals surface area contributed by atoms with Gasteiger partial charge in [0.2, 0.25) is 5.82 Å². The van der Waals surface area contributed by atoms with Crippen molar-refractivity contribution in [2.75, 3.05) is 17.6 Å². The number of sulfonamides is 1. The summed E-state index contributed by atoms with van der Waals surface area (Å²) in [5, 5.41) is -0.111. The number of nitrogens with one attached hydrogen (secondary N) is 1. The average Bonchev–Trinajstić information content (AvgIpc) is 2.45. The molecule has 0 amide bonds.